The zero-order valence-electron chi connectivity index (χ0n) is 16.6. The molecular formula is C24H30N2O. The zero-order chi connectivity index (χ0) is 18.6. The molecule has 0 bridgehead atoms. The monoisotopic (exact) mass is 362 g/mol. The average molecular weight is 363 g/mol. The number of aromatic nitrogens is 2. The van der Waals surface area contributed by atoms with Crippen LogP contribution >= 0.6 is 0 Å². The molecule has 0 atom stereocenters. The van der Waals surface area contributed by atoms with Crippen molar-refractivity contribution < 1.29 is 4.74 Å². The molecule has 0 unspecified atom stereocenters. The van der Waals surface area contributed by atoms with E-state index >= 15 is 0 Å². The molecule has 1 heterocycles. The van der Waals surface area contributed by atoms with Gasteiger partial charge < -0.3 is 9.72 Å². The zero-order valence-corrected chi connectivity index (χ0v) is 16.6. The van der Waals surface area contributed by atoms with Gasteiger partial charge in [0.15, 0.2) is 0 Å². The number of benzene rings is 2. The van der Waals surface area contributed by atoms with Gasteiger partial charge in [-0.3, -0.25) is 0 Å². The number of aryl methyl sites for hydroxylation is 1. The van der Waals surface area contributed by atoms with Crippen LogP contribution in [0.15, 0.2) is 36.4 Å². The molecule has 1 saturated carbocycles. The summed E-state index contributed by atoms with van der Waals surface area (Å²) in [6.45, 7) is 5.10. The molecule has 3 heteroatoms. The summed E-state index contributed by atoms with van der Waals surface area (Å²) >= 11 is 0. The highest BCUT2D eigenvalue weighted by atomic mass is 16.5. The molecule has 1 aromatic heterocycles. The summed E-state index contributed by atoms with van der Waals surface area (Å²) in [7, 11) is 0. The van der Waals surface area contributed by atoms with E-state index in [-0.39, 0.29) is 0 Å². The van der Waals surface area contributed by atoms with Gasteiger partial charge in [-0.1, -0.05) is 45.2 Å². The van der Waals surface area contributed by atoms with Gasteiger partial charge in [-0.05, 0) is 66.6 Å². The van der Waals surface area contributed by atoms with Crippen molar-refractivity contribution in [3.05, 3.63) is 47.8 Å². The first-order chi connectivity index (χ1) is 13.3. The number of nitrogens with one attached hydrogen (secondary N) is 1. The van der Waals surface area contributed by atoms with E-state index in [1.54, 1.807) is 0 Å². The second kappa shape index (κ2) is 8.16. The Morgan fingerprint density at radius 1 is 1.00 bits per heavy atom. The topological polar surface area (TPSA) is 37.9 Å². The fraction of sp³-hybridized carbons (Fsp3) is 0.458. The van der Waals surface area contributed by atoms with Crippen molar-refractivity contribution in [2.75, 3.05) is 6.61 Å². The Balaban J connectivity index is 1.63. The van der Waals surface area contributed by atoms with E-state index in [0.717, 1.165) is 36.2 Å². The first-order valence-electron chi connectivity index (χ1n) is 10.5. The quantitative estimate of drug-likeness (QED) is 0.534. The van der Waals surface area contributed by atoms with Crippen LogP contribution < -0.4 is 4.74 Å². The molecule has 142 valence electrons. The molecule has 3 nitrogen and oxygen atoms in total. The average Bonchev–Trinajstić information content (AvgIpc) is 3.16. The Labute approximate surface area is 162 Å². The molecule has 27 heavy (non-hydrogen) atoms. The minimum atomic E-state index is 0.608. The first kappa shape index (κ1) is 18.1. The second-order valence-corrected chi connectivity index (χ2v) is 7.71. The molecule has 0 spiro atoms. The Kier molecular flexibility index (Phi) is 5.47. The third kappa shape index (κ3) is 3.87. The molecule has 2 aromatic carbocycles. The lowest BCUT2D eigenvalue weighted by Gasteiger charge is -2.18. The predicted octanol–water partition coefficient (Wildman–Crippen LogP) is 6.63. The minimum absolute atomic E-state index is 0.608. The number of nitrogens with zero attached hydrogens (tertiary/aromatic N) is 1. The summed E-state index contributed by atoms with van der Waals surface area (Å²) in [6.07, 6.45) is 8.59. The van der Waals surface area contributed by atoms with Gasteiger partial charge >= 0.3 is 0 Å². The van der Waals surface area contributed by atoms with Crippen LogP contribution in [0.1, 0.15) is 69.7 Å². The molecular weight excluding hydrogens is 332 g/mol. The number of rotatable bonds is 6. The van der Waals surface area contributed by atoms with Crippen molar-refractivity contribution in [3.8, 4) is 16.9 Å². The smallest absolute Gasteiger partial charge is 0.122 e. The molecule has 1 aliphatic rings. The molecule has 0 amide bonds. The highest BCUT2D eigenvalue weighted by Gasteiger charge is 2.19. The minimum Gasteiger partial charge on any atom is -0.493 e. The lowest BCUT2D eigenvalue weighted by atomic mass is 9.89. The summed E-state index contributed by atoms with van der Waals surface area (Å²) in [6, 6.07) is 13.1. The van der Waals surface area contributed by atoms with Gasteiger partial charge in [-0.25, -0.2) is 4.98 Å². The van der Waals surface area contributed by atoms with Crippen LogP contribution in [0, 0.1) is 0 Å². The van der Waals surface area contributed by atoms with Gasteiger partial charge in [0.2, 0.25) is 0 Å². The van der Waals surface area contributed by atoms with Crippen LogP contribution in [-0.2, 0) is 6.42 Å². The van der Waals surface area contributed by atoms with E-state index in [2.05, 4.69) is 55.2 Å². The van der Waals surface area contributed by atoms with Gasteiger partial charge in [0.1, 0.15) is 11.6 Å². The number of hydrogen-bond acceptors (Lipinski definition) is 2. The second-order valence-electron chi connectivity index (χ2n) is 7.71. The standard InChI is InChI=1S/C24H30N2O/c1-3-14-27-23-13-11-19(15-17(23)4-2)20-10-12-21-22(16-20)26-24(25-21)18-8-6-5-7-9-18/h10-13,15-16,18H,3-9,14H2,1-2H3,(H,25,26). The maximum atomic E-state index is 5.89. The summed E-state index contributed by atoms with van der Waals surface area (Å²) in [5, 5.41) is 0. The summed E-state index contributed by atoms with van der Waals surface area (Å²) < 4.78 is 5.89. The van der Waals surface area contributed by atoms with Gasteiger partial charge in [-0.2, -0.15) is 0 Å². The fourth-order valence-electron chi connectivity index (χ4n) is 4.17. The van der Waals surface area contributed by atoms with Gasteiger partial charge in [-0.15, -0.1) is 0 Å². The van der Waals surface area contributed by atoms with E-state index in [4.69, 9.17) is 9.72 Å². The van der Waals surface area contributed by atoms with E-state index in [1.165, 1.54) is 54.6 Å². The summed E-state index contributed by atoms with van der Waals surface area (Å²) in [5.74, 6) is 2.81. The van der Waals surface area contributed by atoms with Crippen LogP contribution in [-0.4, -0.2) is 16.6 Å². The number of fused-ring (bicyclic) bond motifs is 1. The van der Waals surface area contributed by atoms with Gasteiger partial charge in [0.25, 0.3) is 0 Å². The Morgan fingerprint density at radius 2 is 1.78 bits per heavy atom. The molecule has 4 rings (SSSR count). The number of aromatic amines is 1. The number of hydrogen-bond donors (Lipinski definition) is 1. The van der Waals surface area contributed by atoms with E-state index in [0.29, 0.717) is 5.92 Å². The number of H-pyrrole nitrogens is 1. The van der Waals surface area contributed by atoms with Crippen LogP contribution in [0.2, 0.25) is 0 Å². The predicted molar refractivity (Wildman–Crippen MR) is 113 cm³/mol. The van der Waals surface area contributed by atoms with Crippen molar-refractivity contribution in [1.29, 1.82) is 0 Å². The largest absolute Gasteiger partial charge is 0.493 e. The van der Waals surface area contributed by atoms with Crippen LogP contribution in [0.5, 0.6) is 5.75 Å². The third-order valence-corrected chi connectivity index (χ3v) is 5.73. The molecule has 0 aliphatic heterocycles. The van der Waals surface area contributed by atoms with Gasteiger partial charge in [0, 0.05) is 5.92 Å². The van der Waals surface area contributed by atoms with E-state index in [9.17, 15) is 0 Å². The Morgan fingerprint density at radius 3 is 2.56 bits per heavy atom. The number of imidazole rings is 1. The van der Waals surface area contributed by atoms with Crippen molar-refractivity contribution >= 4 is 11.0 Å². The van der Waals surface area contributed by atoms with Crippen molar-refractivity contribution in [2.45, 2.75) is 64.7 Å². The van der Waals surface area contributed by atoms with E-state index in [1.807, 2.05) is 0 Å². The lowest BCUT2D eigenvalue weighted by molar-refractivity contribution is 0.314. The molecule has 1 fully saturated rings. The SMILES string of the molecule is CCCOc1ccc(-c2ccc3nc(C4CCCCC4)[nH]c3c2)cc1CC. The summed E-state index contributed by atoms with van der Waals surface area (Å²) in [5.41, 5.74) is 5.98. The Bertz CT molecular complexity index is 906. The highest BCUT2D eigenvalue weighted by Crippen LogP contribution is 2.33. The molecule has 3 aromatic rings. The normalized spacial score (nSPS) is 15.3. The maximum absolute atomic E-state index is 5.89. The third-order valence-electron chi connectivity index (χ3n) is 5.73. The summed E-state index contributed by atoms with van der Waals surface area (Å²) in [4.78, 5) is 8.48. The fourth-order valence-corrected chi connectivity index (χ4v) is 4.17. The highest BCUT2D eigenvalue weighted by molar-refractivity contribution is 5.82. The van der Waals surface area contributed by atoms with Crippen LogP contribution in [0.3, 0.4) is 0 Å². The van der Waals surface area contributed by atoms with Crippen molar-refractivity contribution in [3.63, 3.8) is 0 Å². The molecule has 1 aliphatic carbocycles. The first-order valence-corrected chi connectivity index (χ1v) is 10.5. The Hall–Kier alpha value is -2.29. The molecule has 0 saturated heterocycles. The van der Waals surface area contributed by atoms with Crippen LogP contribution in [0.4, 0.5) is 0 Å². The van der Waals surface area contributed by atoms with Gasteiger partial charge in [0.05, 0.1) is 17.6 Å². The maximum Gasteiger partial charge on any atom is 0.122 e. The van der Waals surface area contributed by atoms with E-state index < -0.39 is 0 Å². The number of ether oxygens (including phenoxy) is 1. The van der Waals surface area contributed by atoms with Crippen molar-refractivity contribution in [1.82, 2.24) is 9.97 Å². The molecule has 0 radical (unpaired) electrons. The van der Waals surface area contributed by atoms with Crippen LogP contribution in [0.25, 0.3) is 22.2 Å². The molecule has 1 N–H and O–H groups in total. The van der Waals surface area contributed by atoms with Crippen molar-refractivity contribution in [2.24, 2.45) is 0 Å². The lowest BCUT2D eigenvalue weighted by Crippen LogP contribution is -2.05.